The maximum absolute atomic E-state index is 13.2. The summed E-state index contributed by atoms with van der Waals surface area (Å²) in [5, 5.41) is 2.73. The van der Waals surface area contributed by atoms with Gasteiger partial charge < -0.3 is 5.32 Å². The van der Waals surface area contributed by atoms with E-state index in [0.717, 1.165) is 5.56 Å². The van der Waals surface area contributed by atoms with Crippen molar-refractivity contribution in [2.75, 3.05) is 0 Å². The smallest absolute Gasteiger partial charge is 0.251 e. The number of aryl methyl sites for hydroxylation is 1. The molecule has 15 heavy (non-hydrogen) atoms. The monoisotopic (exact) mass is 273 g/mol. The number of hydrogen-bond donors (Lipinski definition) is 1. The van der Waals surface area contributed by atoms with E-state index in [1.807, 2.05) is 13.8 Å². The first-order valence-electron chi connectivity index (χ1n) is 4.68. The number of halogens is 2. The molecule has 0 aliphatic carbocycles. The maximum atomic E-state index is 13.2. The number of hydrogen-bond acceptors (Lipinski definition) is 1. The van der Waals surface area contributed by atoms with Crippen molar-refractivity contribution >= 4 is 21.8 Å². The van der Waals surface area contributed by atoms with Crippen LogP contribution in [0.1, 0.15) is 29.8 Å². The summed E-state index contributed by atoms with van der Waals surface area (Å²) in [6.07, 6.45) is 0. The quantitative estimate of drug-likeness (QED) is 0.882. The van der Waals surface area contributed by atoms with E-state index in [-0.39, 0.29) is 11.9 Å². The van der Waals surface area contributed by atoms with Gasteiger partial charge in [-0.05, 0) is 54.4 Å². The van der Waals surface area contributed by atoms with E-state index >= 15 is 0 Å². The van der Waals surface area contributed by atoms with Gasteiger partial charge in [0.15, 0.2) is 0 Å². The highest BCUT2D eigenvalue weighted by atomic mass is 79.9. The largest absolute Gasteiger partial charge is 0.350 e. The first-order valence-corrected chi connectivity index (χ1v) is 5.47. The molecule has 1 rings (SSSR count). The Morgan fingerprint density at radius 1 is 1.47 bits per heavy atom. The van der Waals surface area contributed by atoms with Crippen molar-refractivity contribution in [3.05, 3.63) is 33.5 Å². The summed E-state index contributed by atoms with van der Waals surface area (Å²) in [6.45, 7) is 5.50. The molecule has 1 aromatic carbocycles. The molecule has 0 fully saturated rings. The molecule has 2 nitrogen and oxygen atoms in total. The molecule has 1 aromatic rings. The molecule has 1 amide bonds. The zero-order valence-electron chi connectivity index (χ0n) is 8.90. The van der Waals surface area contributed by atoms with Gasteiger partial charge in [-0.1, -0.05) is 0 Å². The van der Waals surface area contributed by atoms with Gasteiger partial charge in [-0.2, -0.15) is 0 Å². The molecule has 0 aliphatic heterocycles. The van der Waals surface area contributed by atoms with Crippen LogP contribution in [-0.2, 0) is 0 Å². The molecule has 82 valence electrons. The molecule has 0 radical (unpaired) electrons. The van der Waals surface area contributed by atoms with Gasteiger partial charge in [0, 0.05) is 11.6 Å². The Morgan fingerprint density at radius 3 is 2.60 bits per heavy atom. The minimum absolute atomic E-state index is 0.0450. The van der Waals surface area contributed by atoms with Gasteiger partial charge in [-0.3, -0.25) is 4.79 Å². The lowest BCUT2D eigenvalue weighted by Crippen LogP contribution is -2.30. The Bertz CT molecular complexity index is 390. The number of carbonyl (C=O) groups excluding carboxylic acids is 1. The maximum Gasteiger partial charge on any atom is 0.251 e. The molecular weight excluding hydrogens is 261 g/mol. The average molecular weight is 274 g/mol. The lowest BCUT2D eigenvalue weighted by Gasteiger charge is -2.10. The van der Waals surface area contributed by atoms with Crippen molar-refractivity contribution in [1.29, 1.82) is 0 Å². The van der Waals surface area contributed by atoms with E-state index in [1.165, 1.54) is 6.07 Å². The van der Waals surface area contributed by atoms with Crippen LogP contribution in [0.3, 0.4) is 0 Å². The minimum Gasteiger partial charge on any atom is -0.350 e. The van der Waals surface area contributed by atoms with E-state index in [2.05, 4.69) is 21.2 Å². The van der Waals surface area contributed by atoms with Gasteiger partial charge in [0.05, 0.1) is 4.47 Å². The number of carbonyl (C=O) groups is 1. The molecule has 0 saturated heterocycles. The van der Waals surface area contributed by atoms with Gasteiger partial charge in [-0.15, -0.1) is 0 Å². The number of rotatable bonds is 2. The van der Waals surface area contributed by atoms with Gasteiger partial charge in [-0.25, -0.2) is 4.39 Å². The third kappa shape index (κ3) is 3.02. The Hall–Kier alpha value is -0.900. The summed E-state index contributed by atoms with van der Waals surface area (Å²) in [7, 11) is 0. The van der Waals surface area contributed by atoms with Crippen LogP contribution in [0.4, 0.5) is 4.39 Å². The van der Waals surface area contributed by atoms with Crippen LogP contribution in [0.5, 0.6) is 0 Å². The third-order valence-electron chi connectivity index (χ3n) is 1.93. The summed E-state index contributed by atoms with van der Waals surface area (Å²) in [5.41, 5.74) is 1.13. The van der Waals surface area contributed by atoms with Gasteiger partial charge >= 0.3 is 0 Å². The molecule has 0 atom stereocenters. The van der Waals surface area contributed by atoms with Crippen molar-refractivity contribution in [2.45, 2.75) is 26.8 Å². The van der Waals surface area contributed by atoms with E-state index in [1.54, 1.807) is 13.0 Å². The summed E-state index contributed by atoms with van der Waals surface area (Å²) in [5.74, 6) is -0.664. The van der Waals surface area contributed by atoms with Crippen LogP contribution in [0.25, 0.3) is 0 Å². The Balaban J connectivity index is 3.04. The van der Waals surface area contributed by atoms with Crippen molar-refractivity contribution in [2.24, 2.45) is 0 Å². The lowest BCUT2D eigenvalue weighted by molar-refractivity contribution is 0.0942. The molecule has 1 N–H and O–H groups in total. The van der Waals surface area contributed by atoms with Crippen LogP contribution in [0.2, 0.25) is 0 Å². The zero-order valence-corrected chi connectivity index (χ0v) is 10.5. The third-order valence-corrected chi connectivity index (χ3v) is 2.54. The second-order valence-electron chi connectivity index (χ2n) is 3.71. The minimum atomic E-state index is -0.422. The summed E-state index contributed by atoms with van der Waals surface area (Å²) < 4.78 is 13.6. The standard InChI is InChI=1S/C11H13BrFNO/c1-6(2)14-11(15)8-5-10(13)9(12)4-7(8)3/h4-6H,1-3H3,(H,14,15). The van der Waals surface area contributed by atoms with E-state index in [9.17, 15) is 9.18 Å². The molecule has 0 unspecified atom stereocenters. The number of benzene rings is 1. The number of amides is 1. The highest BCUT2D eigenvalue weighted by Crippen LogP contribution is 2.20. The molecule has 0 bridgehead atoms. The molecule has 0 spiro atoms. The molecule has 0 aliphatic rings. The summed E-state index contributed by atoms with van der Waals surface area (Å²) in [4.78, 5) is 11.6. The summed E-state index contributed by atoms with van der Waals surface area (Å²) in [6, 6.07) is 2.89. The van der Waals surface area contributed by atoms with Crippen LogP contribution < -0.4 is 5.32 Å². The molecule has 0 aromatic heterocycles. The fourth-order valence-corrected chi connectivity index (χ4v) is 1.69. The molecule has 0 heterocycles. The first kappa shape index (κ1) is 12.2. The van der Waals surface area contributed by atoms with E-state index in [4.69, 9.17) is 0 Å². The highest BCUT2D eigenvalue weighted by Gasteiger charge is 2.12. The Kier molecular flexibility index (Phi) is 3.85. The van der Waals surface area contributed by atoms with Crippen LogP contribution in [0, 0.1) is 12.7 Å². The normalized spacial score (nSPS) is 10.5. The fourth-order valence-electron chi connectivity index (χ4n) is 1.23. The van der Waals surface area contributed by atoms with Crippen molar-refractivity contribution < 1.29 is 9.18 Å². The second kappa shape index (κ2) is 4.75. The predicted octanol–water partition coefficient (Wildman–Crippen LogP) is 3.03. The number of nitrogens with one attached hydrogen (secondary N) is 1. The Labute approximate surface area is 97.0 Å². The van der Waals surface area contributed by atoms with Gasteiger partial charge in [0.1, 0.15) is 5.82 Å². The van der Waals surface area contributed by atoms with Gasteiger partial charge in [0.25, 0.3) is 5.91 Å². The molecular formula is C11H13BrFNO. The lowest BCUT2D eigenvalue weighted by atomic mass is 10.1. The second-order valence-corrected chi connectivity index (χ2v) is 4.56. The predicted molar refractivity (Wildman–Crippen MR) is 61.4 cm³/mol. The topological polar surface area (TPSA) is 29.1 Å². The first-order chi connectivity index (χ1) is 6.91. The highest BCUT2D eigenvalue weighted by molar-refractivity contribution is 9.10. The van der Waals surface area contributed by atoms with Crippen molar-refractivity contribution in [3.8, 4) is 0 Å². The Morgan fingerprint density at radius 2 is 2.07 bits per heavy atom. The summed E-state index contributed by atoms with van der Waals surface area (Å²) >= 11 is 3.07. The van der Waals surface area contributed by atoms with E-state index in [0.29, 0.717) is 10.0 Å². The average Bonchev–Trinajstić information content (AvgIpc) is 2.09. The zero-order chi connectivity index (χ0) is 11.6. The van der Waals surface area contributed by atoms with Gasteiger partial charge in [0.2, 0.25) is 0 Å². The van der Waals surface area contributed by atoms with E-state index < -0.39 is 5.82 Å². The van der Waals surface area contributed by atoms with Crippen LogP contribution >= 0.6 is 15.9 Å². The fraction of sp³-hybridized carbons (Fsp3) is 0.364. The molecule has 4 heteroatoms. The van der Waals surface area contributed by atoms with Crippen LogP contribution in [-0.4, -0.2) is 11.9 Å². The molecule has 0 saturated carbocycles. The van der Waals surface area contributed by atoms with Crippen LogP contribution in [0.15, 0.2) is 16.6 Å². The van der Waals surface area contributed by atoms with Crippen molar-refractivity contribution in [1.82, 2.24) is 5.32 Å². The SMILES string of the molecule is Cc1cc(Br)c(F)cc1C(=O)NC(C)C. The van der Waals surface area contributed by atoms with Crippen molar-refractivity contribution in [3.63, 3.8) is 0 Å².